The Morgan fingerprint density at radius 3 is 2.63 bits per heavy atom. The van der Waals surface area contributed by atoms with Gasteiger partial charge in [0, 0.05) is 5.02 Å². The van der Waals surface area contributed by atoms with Crippen LogP contribution in [0.3, 0.4) is 0 Å². The highest BCUT2D eigenvalue weighted by molar-refractivity contribution is 14.1. The van der Waals surface area contributed by atoms with Crippen LogP contribution in [0.2, 0.25) is 5.02 Å². The largest absolute Gasteiger partial charge is 0.260 e. The lowest BCUT2D eigenvalue weighted by Gasteiger charge is -2.26. The van der Waals surface area contributed by atoms with E-state index >= 15 is 0 Å². The zero-order valence-corrected chi connectivity index (χ0v) is 13.2. The average molecular weight is 380 g/mol. The maximum atomic E-state index is 6.23. The molecule has 0 spiro atoms. The number of hydrogen-bond donors (Lipinski definition) is 0. The van der Waals surface area contributed by atoms with E-state index in [1.54, 1.807) is 0 Å². The molecule has 4 atom stereocenters. The maximum Gasteiger partial charge on any atom is 0.120 e. The zero-order chi connectivity index (χ0) is 13.0. The number of benzene rings is 2. The van der Waals surface area contributed by atoms with E-state index in [4.69, 9.17) is 11.6 Å². The summed E-state index contributed by atoms with van der Waals surface area (Å²) >= 11 is 8.86. The van der Waals surface area contributed by atoms with Crippen LogP contribution < -0.4 is 0 Å². The van der Waals surface area contributed by atoms with Crippen LogP contribution in [0.15, 0.2) is 42.5 Å². The maximum absolute atomic E-state index is 6.23. The van der Waals surface area contributed by atoms with E-state index in [0.717, 1.165) is 5.02 Å². The number of hydrogen-bond acceptors (Lipinski definition) is 1. The predicted molar refractivity (Wildman–Crippen MR) is 84.6 cm³/mol. The van der Waals surface area contributed by atoms with E-state index in [2.05, 4.69) is 70.8 Å². The van der Waals surface area contributed by atoms with Crippen molar-refractivity contribution in [3.8, 4) is 0 Å². The number of fused-ring (bicyclic) bond motifs is 7. The molecular weight excluding hydrogens is 369 g/mol. The van der Waals surface area contributed by atoms with Gasteiger partial charge in [-0.2, -0.15) is 0 Å². The Labute approximate surface area is 130 Å². The van der Waals surface area contributed by atoms with Crippen LogP contribution in [-0.4, -0.2) is 4.90 Å². The van der Waals surface area contributed by atoms with E-state index in [-0.39, 0.29) is 9.08 Å². The minimum atomic E-state index is 0.00266. The quantitative estimate of drug-likeness (QED) is 0.280. The minimum absolute atomic E-state index is 0.00266. The van der Waals surface area contributed by atoms with Crippen molar-refractivity contribution in [2.24, 2.45) is 0 Å². The highest BCUT2D eigenvalue weighted by Crippen LogP contribution is 2.80. The van der Waals surface area contributed by atoms with Crippen molar-refractivity contribution >= 4 is 34.2 Å². The van der Waals surface area contributed by atoms with Gasteiger partial charge in [-0.05, 0) is 41.3 Å². The summed E-state index contributed by atoms with van der Waals surface area (Å²) in [4.78, 5) is 2.63. The molecule has 1 nitrogen and oxygen atoms in total. The van der Waals surface area contributed by atoms with Gasteiger partial charge in [-0.1, -0.05) is 64.5 Å². The molecule has 1 fully saturated rings. The van der Waals surface area contributed by atoms with Crippen LogP contribution in [-0.2, 0) is 9.08 Å². The molecule has 19 heavy (non-hydrogen) atoms. The molecule has 94 valence electrons. The Hall–Kier alpha value is -0.580. The normalized spacial score (nSPS) is 39.7. The van der Waals surface area contributed by atoms with E-state index in [9.17, 15) is 0 Å². The van der Waals surface area contributed by atoms with Crippen LogP contribution in [0.5, 0.6) is 0 Å². The molecule has 0 amide bonds. The van der Waals surface area contributed by atoms with Gasteiger partial charge in [0.1, 0.15) is 3.55 Å². The second-order valence-corrected chi connectivity index (χ2v) is 7.88. The molecule has 0 aromatic heterocycles. The number of nitrogens with zero attached hydrogens (tertiary/aromatic N) is 1. The van der Waals surface area contributed by atoms with Crippen molar-refractivity contribution in [3.63, 3.8) is 0 Å². The predicted octanol–water partition coefficient (Wildman–Crippen LogP) is 4.58. The molecular formula is C16H11ClIN. The second-order valence-electron chi connectivity index (χ2n) is 5.80. The summed E-state index contributed by atoms with van der Waals surface area (Å²) in [6.07, 6.45) is 0. The standard InChI is InChI=1S/C16H11ClIN/c1-15-11-4-2-3-5-12(11)16(18)14(19(15)16)10-7-6-9(17)8-13(10)15/h2-8,14H,1H3. The Bertz CT molecular complexity index is 758. The molecule has 0 radical (unpaired) electrons. The van der Waals surface area contributed by atoms with Crippen LogP contribution in [0.1, 0.15) is 35.2 Å². The van der Waals surface area contributed by atoms with Crippen LogP contribution in [0.4, 0.5) is 0 Å². The number of halogens is 2. The molecule has 0 aliphatic carbocycles. The summed E-state index contributed by atoms with van der Waals surface area (Å²) in [7, 11) is 0. The van der Waals surface area contributed by atoms with Crippen LogP contribution in [0, 0.1) is 0 Å². The summed E-state index contributed by atoms with van der Waals surface area (Å²) in [6.45, 7) is 2.34. The topological polar surface area (TPSA) is 3.01 Å². The van der Waals surface area contributed by atoms with Crippen LogP contribution >= 0.6 is 34.2 Å². The Kier molecular flexibility index (Phi) is 1.77. The first kappa shape index (κ1) is 11.1. The lowest BCUT2D eigenvalue weighted by Crippen LogP contribution is -2.27. The number of rotatable bonds is 0. The fourth-order valence-electron chi connectivity index (χ4n) is 4.28. The lowest BCUT2D eigenvalue weighted by atomic mass is 9.85. The monoisotopic (exact) mass is 379 g/mol. The molecule has 2 aromatic rings. The molecule has 3 heteroatoms. The molecule has 2 aromatic carbocycles. The molecule has 3 aliphatic heterocycles. The fourth-order valence-corrected chi connectivity index (χ4v) is 6.16. The van der Waals surface area contributed by atoms with Crippen molar-refractivity contribution in [1.82, 2.24) is 4.90 Å². The molecule has 0 bridgehead atoms. The van der Waals surface area contributed by atoms with Crippen molar-refractivity contribution in [1.29, 1.82) is 0 Å². The SMILES string of the molecule is CC12c3cc(Cl)ccc3C3N1C3(I)c1ccccc12. The smallest absolute Gasteiger partial charge is 0.120 e. The lowest BCUT2D eigenvalue weighted by molar-refractivity contribution is 0.322. The molecule has 1 saturated heterocycles. The molecule has 4 unspecified atom stereocenters. The van der Waals surface area contributed by atoms with Gasteiger partial charge in [0.25, 0.3) is 0 Å². The number of alkyl halides is 1. The third kappa shape index (κ3) is 0.968. The Morgan fingerprint density at radius 1 is 1.11 bits per heavy atom. The Balaban J connectivity index is 1.92. The van der Waals surface area contributed by atoms with E-state index in [0.29, 0.717) is 6.04 Å². The van der Waals surface area contributed by atoms with Gasteiger partial charge in [0.05, 0.1) is 11.6 Å². The second kappa shape index (κ2) is 3.02. The average Bonchev–Trinajstić information content (AvgIpc) is 2.89. The summed E-state index contributed by atoms with van der Waals surface area (Å²) in [5, 5.41) is 0.839. The summed E-state index contributed by atoms with van der Waals surface area (Å²) in [5.41, 5.74) is 5.78. The van der Waals surface area contributed by atoms with Gasteiger partial charge < -0.3 is 0 Å². The molecule has 0 N–H and O–H groups in total. The molecule has 3 heterocycles. The minimum Gasteiger partial charge on any atom is -0.260 e. The summed E-state index contributed by atoms with van der Waals surface area (Å²) in [5.74, 6) is 0. The van der Waals surface area contributed by atoms with Crippen molar-refractivity contribution in [2.45, 2.75) is 22.1 Å². The van der Waals surface area contributed by atoms with Crippen LogP contribution in [0.25, 0.3) is 0 Å². The first-order chi connectivity index (χ1) is 9.09. The van der Waals surface area contributed by atoms with E-state index in [1.807, 2.05) is 6.07 Å². The van der Waals surface area contributed by atoms with E-state index in [1.165, 1.54) is 22.3 Å². The summed E-state index contributed by atoms with van der Waals surface area (Å²) < 4.78 is 0.171. The third-order valence-electron chi connectivity index (χ3n) is 5.05. The highest BCUT2D eigenvalue weighted by Gasteiger charge is 2.79. The van der Waals surface area contributed by atoms with Gasteiger partial charge in [-0.3, -0.25) is 4.90 Å². The van der Waals surface area contributed by atoms with Gasteiger partial charge >= 0.3 is 0 Å². The molecule has 0 saturated carbocycles. The third-order valence-corrected chi connectivity index (χ3v) is 6.97. The first-order valence-corrected chi connectivity index (χ1v) is 7.93. The first-order valence-electron chi connectivity index (χ1n) is 6.48. The summed E-state index contributed by atoms with van der Waals surface area (Å²) in [6, 6.07) is 15.8. The van der Waals surface area contributed by atoms with Crippen molar-refractivity contribution < 1.29 is 0 Å². The molecule has 3 aliphatic rings. The Morgan fingerprint density at radius 2 is 1.84 bits per heavy atom. The van der Waals surface area contributed by atoms with E-state index < -0.39 is 0 Å². The molecule has 5 rings (SSSR count). The zero-order valence-electron chi connectivity index (χ0n) is 10.3. The van der Waals surface area contributed by atoms with Crippen molar-refractivity contribution in [3.05, 3.63) is 69.7 Å². The fraction of sp³-hybridized carbons (Fsp3) is 0.250. The van der Waals surface area contributed by atoms with Crippen molar-refractivity contribution in [2.75, 3.05) is 0 Å². The van der Waals surface area contributed by atoms with Gasteiger partial charge in [0.15, 0.2) is 0 Å². The van der Waals surface area contributed by atoms with Gasteiger partial charge in [-0.15, -0.1) is 0 Å². The van der Waals surface area contributed by atoms with Gasteiger partial charge in [-0.25, -0.2) is 0 Å². The highest BCUT2D eigenvalue weighted by atomic mass is 127. The van der Waals surface area contributed by atoms with Gasteiger partial charge in [0.2, 0.25) is 0 Å².